The van der Waals surface area contributed by atoms with Gasteiger partial charge in [-0.3, -0.25) is 4.57 Å². The summed E-state index contributed by atoms with van der Waals surface area (Å²) in [5, 5.41) is 12.4. The molecule has 4 aromatic carbocycles. The maximum Gasteiger partial charge on any atom is 0.164 e. The van der Waals surface area contributed by atoms with E-state index in [4.69, 9.17) is 15.0 Å². The molecule has 7 rings (SSSR count). The molecule has 5 heteroatoms. The average Bonchev–Trinajstić information content (AvgIpc) is 3.33. The number of hydrogen-bond donors (Lipinski definition) is 1. The Hall–Kier alpha value is -5.03. The molecule has 7 aromatic rings. The molecule has 3 heterocycles. The second kappa shape index (κ2) is 8.03. The van der Waals surface area contributed by atoms with E-state index in [2.05, 4.69) is 41.0 Å². The highest BCUT2D eigenvalue weighted by Gasteiger charge is 2.16. The molecule has 0 radical (unpaired) electrons. The zero-order valence-electron chi connectivity index (χ0n) is 19.2. The van der Waals surface area contributed by atoms with Crippen LogP contribution >= 0.6 is 0 Å². The molecule has 0 amide bonds. The van der Waals surface area contributed by atoms with Crippen LogP contribution < -0.4 is 0 Å². The van der Waals surface area contributed by atoms with Gasteiger partial charge in [-0.25, -0.2) is 15.0 Å². The maximum atomic E-state index is 10.4. The Morgan fingerprint density at radius 2 is 1.14 bits per heavy atom. The number of fused-ring (bicyclic) bond motifs is 4. The lowest BCUT2D eigenvalue weighted by molar-refractivity contribution is 0.477. The second-order valence-electron chi connectivity index (χ2n) is 8.71. The Labute approximate surface area is 207 Å². The summed E-state index contributed by atoms with van der Waals surface area (Å²) in [6, 6.07) is 37.8. The summed E-state index contributed by atoms with van der Waals surface area (Å²) in [5.74, 6) is 0.980. The van der Waals surface area contributed by atoms with Crippen molar-refractivity contribution in [3.63, 3.8) is 0 Å². The van der Waals surface area contributed by atoms with Gasteiger partial charge < -0.3 is 5.11 Å². The Morgan fingerprint density at radius 3 is 1.92 bits per heavy atom. The first-order valence-electron chi connectivity index (χ1n) is 11.8. The molecule has 170 valence electrons. The highest BCUT2D eigenvalue weighted by Crippen LogP contribution is 2.33. The fourth-order valence-corrected chi connectivity index (χ4v) is 4.77. The standard InChI is InChI=1S/C31H20N4O/c36-28-13-7-4-10-23(28)24-18-16-20-14-15-21-17-19-26(33-30(21)29(20)32-24)31-34-25-11-5-6-12-27(25)35(31)22-8-2-1-3-9-22/h1-19,36H. The van der Waals surface area contributed by atoms with Gasteiger partial charge in [-0.2, -0.15) is 0 Å². The van der Waals surface area contributed by atoms with Crippen molar-refractivity contribution in [3.05, 3.63) is 115 Å². The summed E-state index contributed by atoms with van der Waals surface area (Å²) < 4.78 is 2.15. The van der Waals surface area contributed by atoms with E-state index >= 15 is 0 Å². The number of rotatable bonds is 3. The Morgan fingerprint density at radius 1 is 0.528 bits per heavy atom. The largest absolute Gasteiger partial charge is 0.507 e. The average molecular weight is 465 g/mol. The molecule has 36 heavy (non-hydrogen) atoms. The molecule has 0 spiro atoms. The predicted molar refractivity (Wildman–Crippen MR) is 144 cm³/mol. The summed E-state index contributed by atoms with van der Waals surface area (Å²) in [4.78, 5) is 15.0. The van der Waals surface area contributed by atoms with Crippen LogP contribution in [-0.2, 0) is 0 Å². The molecule has 0 aliphatic rings. The van der Waals surface area contributed by atoms with Crippen molar-refractivity contribution in [2.24, 2.45) is 0 Å². The topological polar surface area (TPSA) is 63.8 Å². The van der Waals surface area contributed by atoms with Crippen LogP contribution in [0.15, 0.2) is 115 Å². The van der Waals surface area contributed by atoms with Gasteiger partial charge in [0, 0.05) is 22.0 Å². The van der Waals surface area contributed by atoms with Crippen molar-refractivity contribution in [3.8, 4) is 34.2 Å². The lowest BCUT2D eigenvalue weighted by atomic mass is 10.1. The molecule has 0 fully saturated rings. The molecule has 0 bridgehead atoms. The lowest BCUT2D eigenvalue weighted by Gasteiger charge is -2.11. The summed E-state index contributed by atoms with van der Waals surface area (Å²) in [5.41, 5.74) is 6.72. The number of pyridine rings is 2. The third-order valence-electron chi connectivity index (χ3n) is 6.50. The number of aromatic nitrogens is 4. The quantitative estimate of drug-likeness (QED) is 0.282. The molecule has 0 atom stereocenters. The number of phenols is 1. The van der Waals surface area contributed by atoms with Crippen molar-refractivity contribution in [1.82, 2.24) is 19.5 Å². The van der Waals surface area contributed by atoms with Crippen LogP contribution in [0.3, 0.4) is 0 Å². The van der Waals surface area contributed by atoms with Crippen molar-refractivity contribution in [2.45, 2.75) is 0 Å². The summed E-state index contributed by atoms with van der Waals surface area (Å²) in [7, 11) is 0. The minimum absolute atomic E-state index is 0.204. The van der Waals surface area contributed by atoms with Gasteiger partial charge in [0.1, 0.15) is 11.4 Å². The summed E-state index contributed by atoms with van der Waals surface area (Å²) in [6.07, 6.45) is 0. The van der Waals surface area contributed by atoms with Crippen molar-refractivity contribution < 1.29 is 5.11 Å². The van der Waals surface area contributed by atoms with Crippen molar-refractivity contribution >= 4 is 32.8 Å². The van der Waals surface area contributed by atoms with Crippen molar-refractivity contribution in [2.75, 3.05) is 0 Å². The zero-order chi connectivity index (χ0) is 24.1. The molecular formula is C31H20N4O. The van der Waals surface area contributed by atoms with Gasteiger partial charge in [0.25, 0.3) is 0 Å². The lowest BCUT2D eigenvalue weighted by Crippen LogP contribution is -1.99. The SMILES string of the molecule is Oc1ccccc1-c1ccc2ccc3ccc(-c4nc5ccccc5n4-c4ccccc4)nc3c2n1. The second-order valence-corrected chi connectivity index (χ2v) is 8.71. The Bertz CT molecular complexity index is 1910. The fraction of sp³-hybridized carbons (Fsp3) is 0. The normalized spacial score (nSPS) is 11.4. The van der Waals surface area contributed by atoms with Gasteiger partial charge in [0.05, 0.1) is 27.8 Å². The van der Waals surface area contributed by atoms with E-state index in [0.29, 0.717) is 11.3 Å². The number of nitrogens with zero attached hydrogens (tertiary/aromatic N) is 4. The minimum Gasteiger partial charge on any atom is -0.507 e. The van der Waals surface area contributed by atoms with Crippen LogP contribution in [0.1, 0.15) is 0 Å². The highest BCUT2D eigenvalue weighted by molar-refractivity contribution is 6.04. The molecule has 0 saturated heterocycles. The first kappa shape index (κ1) is 20.4. The number of para-hydroxylation sites is 4. The smallest absolute Gasteiger partial charge is 0.164 e. The van der Waals surface area contributed by atoms with E-state index in [1.807, 2.05) is 72.8 Å². The first-order valence-corrected chi connectivity index (χ1v) is 11.8. The van der Waals surface area contributed by atoms with Gasteiger partial charge in [0.15, 0.2) is 5.82 Å². The Balaban J connectivity index is 1.49. The van der Waals surface area contributed by atoms with E-state index in [1.165, 1.54) is 0 Å². The van der Waals surface area contributed by atoms with E-state index in [0.717, 1.165) is 50.0 Å². The van der Waals surface area contributed by atoms with Gasteiger partial charge in [0.2, 0.25) is 0 Å². The third-order valence-corrected chi connectivity index (χ3v) is 6.50. The van der Waals surface area contributed by atoms with E-state index in [1.54, 1.807) is 6.07 Å². The Kier molecular flexibility index (Phi) is 4.54. The van der Waals surface area contributed by atoms with Gasteiger partial charge >= 0.3 is 0 Å². The maximum absolute atomic E-state index is 10.4. The molecule has 0 saturated carbocycles. The molecule has 0 aliphatic heterocycles. The van der Waals surface area contributed by atoms with Crippen LogP contribution in [0.5, 0.6) is 5.75 Å². The molecular weight excluding hydrogens is 444 g/mol. The summed E-state index contributed by atoms with van der Waals surface area (Å²) >= 11 is 0. The van der Waals surface area contributed by atoms with Crippen LogP contribution in [0.2, 0.25) is 0 Å². The van der Waals surface area contributed by atoms with Crippen LogP contribution in [0, 0.1) is 0 Å². The number of imidazole rings is 1. The molecule has 3 aromatic heterocycles. The van der Waals surface area contributed by atoms with Gasteiger partial charge in [-0.05, 0) is 48.5 Å². The number of aromatic hydroxyl groups is 1. The first-order chi connectivity index (χ1) is 17.8. The minimum atomic E-state index is 0.204. The fourth-order valence-electron chi connectivity index (χ4n) is 4.77. The number of benzene rings is 4. The molecule has 1 N–H and O–H groups in total. The van der Waals surface area contributed by atoms with E-state index in [9.17, 15) is 5.11 Å². The van der Waals surface area contributed by atoms with Crippen molar-refractivity contribution in [1.29, 1.82) is 0 Å². The highest BCUT2D eigenvalue weighted by atomic mass is 16.3. The third kappa shape index (κ3) is 3.21. The monoisotopic (exact) mass is 464 g/mol. The number of hydrogen-bond acceptors (Lipinski definition) is 4. The number of phenolic OH excluding ortho intramolecular Hbond substituents is 1. The van der Waals surface area contributed by atoms with E-state index < -0.39 is 0 Å². The van der Waals surface area contributed by atoms with Gasteiger partial charge in [-0.1, -0.05) is 66.7 Å². The van der Waals surface area contributed by atoms with E-state index in [-0.39, 0.29) is 5.75 Å². The van der Waals surface area contributed by atoms with Crippen LogP contribution in [-0.4, -0.2) is 24.6 Å². The summed E-state index contributed by atoms with van der Waals surface area (Å²) in [6.45, 7) is 0. The molecule has 5 nitrogen and oxygen atoms in total. The predicted octanol–water partition coefficient (Wildman–Crippen LogP) is 7.16. The molecule has 0 aliphatic carbocycles. The van der Waals surface area contributed by atoms with Crippen LogP contribution in [0.25, 0.3) is 61.3 Å². The van der Waals surface area contributed by atoms with Gasteiger partial charge in [-0.15, -0.1) is 0 Å². The van der Waals surface area contributed by atoms with Crippen LogP contribution in [0.4, 0.5) is 0 Å². The zero-order valence-corrected chi connectivity index (χ0v) is 19.2. The molecule has 0 unspecified atom stereocenters.